The number of benzene rings is 3. The molecule has 1 unspecified atom stereocenters. The molecule has 3 aliphatic rings. The number of fused-ring (bicyclic) bond motifs is 1. The lowest BCUT2D eigenvalue weighted by Gasteiger charge is -2.28. The van der Waals surface area contributed by atoms with Crippen LogP contribution >= 0.6 is 0 Å². The summed E-state index contributed by atoms with van der Waals surface area (Å²) in [5.74, 6) is 0.919. The molecular formula is C36H33NO3. The van der Waals surface area contributed by atoms with E-state index in [0.717, 1.165) is 40.1 Å². The molecule has 0 saturated heterocycles. The fourth-order valence-corrected chi connectivity index (χ4v) is 6.00. The molecule has 1 fully saturated rings. The van der Waals surface area contributed by atoms with E-state index in [9.17, 15) is 9.59 Å². The van der Waals surface area contributed by atoms with Crippen molar-refractivity contribution in [3.8, 4) is 11.3 Å². The van der Waals surface area contributed by atoms with Crippen LogP contribution in [-0.2, 0) is 11.2 Å². The molecule has 1 heterocycles. The number of carbonyl (C=O) groups is 2. The highest BCUT2D eigenvalue weighted by atomic mass is 16.3. The first-order chi connectivity index (χ1) is 19.7. The lowest BCUT2D eigenvalue weighted by molar-refractivity contribution is -0.119. The van der Waals surface area contributed by atoms with Crippen LogP contribution in [0.2, 0.25) is 0 Å². The largest absolute Gasteiger partial charge is 0.464 e. The molecule has 1 atom stereocenters. The van der Waals surface area contributed by atoms with E-state index in [2.05, 4.69) is 24.3 Å². The average Bonchev–Trinajstić information content (AvgIpc) is 3.45. The quantitative estimate of drug-likeness (QED) is 0.189. The van der Waals surface area contributed by atoms with Crippen molar-refractivity contribution in [3.63, 3.8) is 0 Å². The molecule has 6 rings (SSSR count). The molecule has 1 amide bonds. The van der Waals surface area contributed by atoms with Gasteiger partial charge in [0, 0.05) is 22.9 Å². The molecule has 40 heavy (non-hydrogen) atoms. The lowest BCUT2D eigenvalue weighted by atomic mass is 9.82. The molecule has 0 aromatic heterocycles. The molecule has 0 N–H and O–H groups in total. The predicted molar refractivity (Wildman–Crippen MR) is 159 cm³/mol. The molecule has 2 aliphatic carbocycles. The number of aldehydes is 1. The van der Waals surface area contributed by atoms with Crippen molar-refractivity contribution in [2.45, 2.75) is 50.4 Å². The smallest absolute Gasteiger partial charge is 0.239 e. The molecule has 0 bridgehead atoms. The maximum atomic E-state index is 14.7. The van der Waals surface area contributed by atoms with Crippen LogP contribution in [-0.4, -0.2) is 12.2 Å². The van der Waals surface area contributed by atoms with Gasteiger partial charge in [0.25, 0.3) is 0 Å². The third-order valence-electron chi connectivity index (χ3n) is 8.18. The van der Waals surface area contributed by atoms with E-state index in [1.165, 1.54) is 37.7 Å². The van der Waals surface area contributed by atoms with Crippen LogP contribution in [0, 0.1) is 0 Å². The maximum absolute atomic E-state index is 14.7. The minimum Gasteiger partial charge on any atom is -0.464 e. The Morgan fingerprint density at radius 2 is 1.57 bits per heavy atom. The van der Waals surface area contributed by atoms with Crippen molar-refractivity contribution >= 4 is 23.6 Å². The van der Waals surface area contributed by atoms with Gasteiger partial charge in [0.2, 0.25) is 5.91 Å². The highest BCUT2D eigenvalue weighted by Gasteiger charge is 2.30. The van der Waals surface area contributed by atoms with Crippen molar-refractivity contribution in [1.29, 1.82) is 0 Å². The van der Waals surface area contributed by atoms with Crippen molar-refractivity contribution in [2.75, 3.05) is 4.90 Å². The summed E-state index contributed by atoms with van der Waals surface area (Å²) < 4.78 is 5.72. The van der Waals surface area contributed by atoms with E-state index in [-0.39, 0.29) is 5.91 Å². The maximum Gasteiger partial charge on any atom is 0.239 e. The van der Waals surface area contributed by atoms with Gasteiger partial charge in [-0.2, -0.15) is 0 Å². The zero-order valence-corrected chi connectivity index (χ0v) is 22.5. The second-order valence-electron chi connectivity index (χ2n) is 10.8. The van der Waals surface area contributed by atoms with Gasteiger partial charge in [0.1, 0.15) is 12.0 Å². The number of rotatable bonds is 8. The standard InChI is InChI=1S/C36H33NO3/c38-25-27-15-13-26(14-16-27)22-34(30-19-17-29(18-20-30)28-8-3-1-4-9-28)36(39)37(32-11-5-2-6-12-32)33-23-31-10-7-21-40-35(31)24-33/h2,5-7,10-21,23-25,28,34H,1,3-4,8-9,22H2. The second-order valence-corrected chi connectivity index (χ2v) is 10.8. The van der Waals surface area contributed by atoms with Crippen LogP contribution in [0.5, 0.6) is 0 Å². The summed E-state index contributed by atoms with van der Waals surface area (Å²) in [7, 11) is 0. The lowest BCUT2D eigenvalue weighted by Crippen LogP contribution is -2.32. The molecule has 3 aromatic carbocycles. The van der Waals surface area contributed by atoms with Gasteiger partial charge >= 0.3 is 0 Å². The third-order valence-corrected chi connectivity index (χ3v) is 8.18. The zero-order valence-electron chi connectivity index (χ0n) is 22.5. The van der Waals surface area contributed by atoms with Gasteiger partial charge in [-0.25, -0.2) is 0 Å². The van der Waals surface area contributed by atoms with Crippen molar-refractivity contribution < 1.29 is 14.0 Å². The molecule has 0 spiro atoms. The number of para-hydroxylation sites is 1. The van der Waals surface area contributed by atoms with Crippen molar-refractivity contribution in [1.82, 2.24) is 0 Å². The molecule has 0 radical (unpaired) electrons. The molecular weight excluding hydrogens is 494 g/mol. The SMILES string of the molecule is O=Cc1ccc(CC(C(=O)N(c2ccccc2)c2cc3cccoc-3c2)c2ccc(C3CCCCC3)cc2)cc1. The second kappa shape index (κ2) is 11.7. The normalized spacial score (nSPS) is 14.6. The Kier molecular flexibility index (Phi) is 7.58. The van der Waals surface area contributed by atoms with Crippen LogP contribution in [0.25, 0.3) is 11.3 Å². The Labute approximate surface area is 235 Å². The minimum absolute atomic E-state index is 0.00798. The van der Waals surface area contributed by atoms with Crippen LogP contribution in [0.4, 0.5) is 11.4 Å². The van der Waals surface area contributed by atoms with Crippen molar-refractivity contribution in [3.05, 3.63) is 132 Å². The molecule has 3 aromatic rings. The van der Waals surface area contributed by atoms with Gasteiger partial charge in [-0.15, -0.1) is 0 Å². The third kappa shape index (κ3) is 5.48. The Balaban J connectivity index is 1.40. The fraction of sp³-hybridized carbons (Fsp3) is 0.222. The number of nitrogens with zero attached hydrogens (tertiary/aromatic N) is 1. The summed E-state index contributed by atoms with van der Waals surface area (Å²) in [4.78, 5) is 27.7. The monoisotopic (exact) mass is 527 g/mol. The number of carbonyl (C=O) groups excluding carboxylic acids is 2. The summed E-state index contributed by atoms with van der Waals surface area (Å²) >= 11 is 0. The van der Waals surface area contributed by atoms with Gasteiger partial charge in [0.05, 0.1) is 17.9 Å². The van der Waals surface area contributed by atoms with E-state index < -0.39 is 5.92 Å². The number of anilines is 2. The van der Waals surface area contributed by atoms with Gasteiger partial charge in [-0.05, 0) is 72.2 Å². The van der Waals surface area contributed by atoms with Crippen LogP contribution in [0.15, 0.2) is 114 Å². The Morgan fingerprint density at radius 1 is 0.825 bits per heavy atom. The summed E-state index contributed by atoms with van der Waals surface area (Å²) in [6, 6.07) is 33.9. The van der Waals surface area contributed by atoms with E-state index in [1.807, 2.05) is 83.8 Å². The first kappa shape index (κ1) is 25.8. The van der Waals surface area contributed by atoms with Gasteiger partial charge in [0.15, 0.2) is 0 Å². The molecule has 4 nitrogen and oxygen atoms in total. The van der Waals surface area contributed by atoms with Crippen LogP contribution < -0.4 is 4.90 Å². The van der Waals surface area contributed by atoms with Crippen LogP contribution in [0.1, 0.15) is 71.0 Å². The fourth-order valence-electron chi connectivity index (χ4n) is 6.00. The Morgan fingerprint density at radius 3 is 2.27 bits per heavy atom. The molecule has 1 aliphatic heterocycles. The number of hydrogen-bond donors (Lipinski definition) is 0. The number of amides is 1. The first-order valence-electron chi connectivity index (χ1n) is 14.2. The number of hydrogen-bond acceptors (Lipinski definition) is 3. The summed E-state index contributed by atoms with van der Waals surface area (Å²) in [5.41, 5.74) is 6.53. The van der Waals surface area contributed by atoms with Gasteiger partial charge in [-0.1, -0.05) is 86.0 Å². The van der Waals surface area contributed by atoms with Gasteiger partial charge < -0.3 is 4.42 Å². The van der Waals surface area contributed by atoms with E-state index in [1.54, 1.807) is 6.26 Å². The zero-order chi connectivity index (χ0) is 27.3. The van der Waals surface area contributed by atoms with E-state index in [4.69, 9.17) is 4.42 Å². The Bertz CT molecular complexity index is 1500. The highest BCUT2D eigenvalue weighted by Crippen LogP contribution is 2.39. The van der Waals surface area contributed by atoms with E-state index in [0.29, 0.717) is 17.9 Å². The van der Waals surface area contributed by atoms with Crippen molar-refractivity contribution in [2.24, 2.45) is 0 Å². The summed E-state index contributed by atoms with van der Waals surface area (Å²) in [6.07, 6.45) is 9.40. The van der Waals surface area contributed by atoms with Crippen LogP contribution in [0.3, 0.4) is 0 Å². The topological polar surface area (TPSA) is 50.5 Å². The molecule has 200 valence electrons. The minimum atomic E-state index is -0.419. The average molecular weight is 528 g/mol. The Hall–Kier alpha value is -4.44. The van der Waals surface area contributed by atoms with Gasteiger partial charge in [-0.3, -0.25) is 14.5 Å². The summed E-state index contributed by atoms with van der Waals surface area (Å²) in [5, 5.41) is 0. The predicted octanol–water partition coefficient (Wildman–Crippen LogP) is 8.94. The first-order valence-corrected chi connectivity index (χ1v) is 14.2. The van der Waals surface area contributed by atoms with E-state index >= 15 is 0 Å². The summed E-state index contributed by atoms with van der Waals surface area (Å²) in [6.45, 7) is 0. The molecule has 4 heteroatoms. The molecule has 1 saturated carbocycles. The highest BCUT2D eigenvalue weighted by molar-refractivity contribution is 6.05.